The van der Waals surface area contributed by atoms with Gasteiger partial charge in [0.15, 0.2) is 11.9 Å². The molecule has 0 aromatic heterocycles. The predicted molar refractivity (Wildman–Crippen MR) is 217 cm³/mol. The smallest absolute Gasteiger partial charge is 0.462 e. The van der Waals surface area contributed by atoms with Crippen molar-refractivity contribution in [2.45, 2.75) is 206 Å². The van der Waals surface area contributed by atoms with Gasteiger partial charge in [-0.1, -0.05) is 153 Å². The Kier molecular flexibility index (Phi) is 36.7. The molecule has 0 rings (SSSR count). The molecule has 0 heterocycles. The lowest BCUT2D eigenvalue weighted by Crippen LogP contribution is -2.29. The van der Waals surface area contributed by atoms with E-state index in [0.717, 1.165) is 51.4 Å². The Balaban J connectivity index is 3.98. The number of ketones is 1. The molecule has 0 aromatic rings. The molecule has 0 unspecified atom stereocenters. The lowest BCUT2D eigenvalue weighted by atomic mass is 10.1. The van der Waals surface area contributed by atoms with E-state index >= 15 is 0 Å². The lowest BCUT2D eigenvalue weighted by Gasteiger charge is -2.18. The van der Waals surface area contributed by atoms with E-state index in [1.54, 1.807) is 6.08 Å². The highest BCUT2D eigenvalue weighted by Gasteiger charge is 2.23. The maximum atomic E-state index is 12.4. The molecule has 0 fully saturated rings. The van der Waals surface area contributed by atoms with Gasteiger partial charge in [-0.05, 0) is 63.9 Å². The summed E-state index contributed by atoms with van der Waals surface area (Å²) < 4.78 is 26.3. The molecule has 9 nitrogen and oxygen atoms in total. The molecule has 53 heavy (non-hydrogen) atoms. The van der Waals surface area contributed by atoms with Crippen molar-refractivity contribution in [3.8, 4) is 0 Å². The topological polar surface area (TPSA) is 136 Å². The van der Waals surface area contributed by atoms with Crippen LogP contribution in [0, 0.1) is 0 Å². The van der Waals surface area contributed by atoms with Gasteiger partial charge in [-0.2, -0.15) is 0 Å². The molecule has 0 saturated heterocycles. The quantitative estimate of drug-likeness (QED) is 0.0156. The molecule has 0 aromatic carbocycles. The van der Waals surface area contributed by atoms with Crippen LogP contribution in [0.1, 0.15) is 200 Å². The van der Waals surface area contributed by atoms with Crippen LogP contribution in [0.5, 0.6) is 0 Å². The number of phosphoric acid groups is 1. The second-order valence-corrected chi connectivity index (χ2v) is 15.6. The third-order valence-electron chi connectivity index (χ3n) is 9.11. The SMILES string of the molecule is CCCCC/C=C\C=C\C(=O)CCCCCCCC(=O)OC[C@H](COP(=O)(O)O)OC(=O)CCCCCCCCCCC/C=C\CCCCCCCC. The van der Waals surface area contributed by atoms with Crippen LogP contribution in [0.25, 0.3) is 0 Å². The van der Waals surface area contributed by atoms with Crippen molar-refractivity contribution in [1.82, 2.24) is 0 Å². The van der Waals surface area contributed by atoms with E-state index < -0.39 is 32.5 Å². The number of ether oxygens (including phenoxy) is 2. The Morgan fingerprint density at radius 2 is 0.962 bits per heavy atom. The largest absolute Gasteiger partial charge is 0.469 e. The molecule has 0 radical (unpaired) electrons. The van der Waals surface area contributed by atoms with Crippen molar-refractivity contribution >= 4 is 25.5 Å². The number of rotatable bonds is 39. The second-order valence-electron chi connectivity index (χ2n) is 14.3. The number of hydrogen-bond acceptors (Lipinski definition) is 7. The number of allylic oxidation sites excluding steroid dienone is 6. The van der Waals surface area contributed by atoms with Crippen LogP contribution in [-0.2, 0) is 32.9 Å². The lowest BCUT2D eigenvalue weighted by molar-refractivity contribution is -0.161. The van der Waals surface area contributed by atoms with Crippen molar-refractivity contribution in [2.75, 3.05) is 13.2 Å². The van der Waals surface area contributed by atoms with Gasteiger partial charge in [-0.3, -0.25) is 18.9 Å². The molecule has 1 atom stereocenters. The fourth-order valence-electron chi connectivity index (χ4n) is 5.88. The van der Waals surface area contributed by atoms with Crippen molar-refractivity contribution in [3.63, 3.8) is 0 Å². The van der Waals surface area contributed by atoms with Gasteiger partial charge in [-0.25, -0.2) is 4.57 Å². The minimum absolute atomic E-state index is 0.119. The summed E-state index contributed by atoms with van der Waals surface area (Å²) in [5, 5.41) is 0. The van der Waals surface area contributed by atoms with Gasteiger partial charge in [0, 0.05) is 19.3 Å². The van der Waals surface area contributed by atoms with Gasteiger partial charge in [-0.15, -0.1) is 0 Å². The van der Waals surface area contributed by atoms with Gasteiger partial charge in [0.05, 0.1) is 6.61 Å². The highest BCUT2D eigenvalue weighted by Crippen LogP contribution is 2.36. The average molecular weight is 769 g/mol. The van der Waals surface area contributed by atoms with Crippen molar-refractivity contribution in [3.05, 3.63) is 36.5 Å². The summed E-state index contributed by atoms with van der Waals surface area (Å²) in [6.45, 7) is 3.53. The minimum Gasteiger partial charge on any atom is -0.462 e. The molecule has 0 aliphatic carbocycles. The highest BCUT2D eigenvalue weighted by atomic mass is 31.2. The number of esters is 2. The number of carbonyl (C=O) groups excluding carboxylic acids is 3. The molecule has 0 aliphatic heterocycles. The van der Waals surface area contributed by atoms with Gasteiger partial charge in [0.2, 0.25) is 0 Å². The number of carbonyl (C=O) groups is 3. The Morgan fingerprint density at radius 3 is 1.51 bits per heavy atom. The summed E-state index contributed by atoms with van der Waals surface area (Å²) in [5.74, 6) is -0.857. The van der Waals surface area contributed by atoms with Crippen LogP contribution >= 0.6 is 7.82 Å². The summed E-state index contributed by atoms with van der Waals surface area (Å²) >= 11 is 0. The predicted octanol–water partition coefficient (Wildman–Crippen LogP) is 12.1. The zero-order valence-corrected chi connectivity index (χ0v) is 34.6. The number of unbranched alkanes of at least 4 members (excludes halogenated alkanes) is 22. The summed E-state index contributed by atoms with van der Waals surface area (Å²) in [5.41, 5.74) is 0. The first-order valence-electron chi connectivity index (χ1n) is 21.2. The average Bonchev–Trinajstić information content (AvgIpc) is 3.12. The van der Waals surface area contributed by atoms with Crippen LogP contribution in [0.15, 0.2) is 36.5 Å². The van der Waals surface area contributed by atoms with Crippen LogP contribution in [0.4, 0.5) is 0 Å². The summed E-state index contributed by atoms with van der Waals surface area (Å²) in [4.78, 5) is 54.8. The molecule has 0 saturated carbocycles. The van der Waals surface area contributed by atoms with Crippen LogP contribution < -0.4 is 0 Å². The molecular formula is C43H77O9P. The maximum absolute atomic E-state index is 12.4. The zero-order valence-electron chi connectivity index (χ0n) is 33.7. The first-order valence-corrected chi connectivity index (χ1v) is 22.8. The summed E-state index contributed by atoms with van der Waals surface area (Å²) in [6, 6.07) is 0. The molecule has 0 bridgehead atoms. The van der Waals surface area contributed by atoms with E-state index in [-0.39, 0.29) is 25.2 Å². The molecule has 10 heteroatoms. The highest BCUT2D eigenvalue weighted by molar-refractivity contribution is 7.46. The standard InChI is InChI=1S/C43H77O9P/c1-3-5-7-9-11-12-13-14-15-16-17-18-19-20-21-22-24-28-33-37-43(46)52-41(39-51-53(47,48)49)38-50-42(45)36-32-29-25-27-31-35-40(44)34-30-26-23-10-8-6-4-2/h14-15,23,26,30,34,41H,3-13,16-22,24-25,27-29,31-33,35-39H2,1-2H3,(H2,47,48,49)/b15-14-,26-23-,34-30+/t41-/m1/s1. The van der Waals surface area contributed by atoms with Crippen molar-refractivity contribution in [1.29, 1.82) is 0 Å². The third kappa shape index (κ3) is 41.0. The molecule has 0 spiro atoms. The van der Waals surface area contributed by atoms with Gasteiger partial charge in [0.25, 0.3) is 0 Å². The first-order chi connectivity index (χ1) is 25.7. The Labute approximate surface area is 323 Å². The summed E-state index contributed by atoms with van der Waals surface area (Å²) in [6.07, 6.45) is 41.1. The van der Waals surface area contributed by atoms with E-state index in [1.165, 1.54) is 103 Å². The van der Waals surface area contributed by atoms with Crippen molar-refractivity contribution in [2.24, 2.45) is 0 Å². The number of phosphoric ester groups is 1. The van der Waals surface area contributed by atoms with Crippen molar-refractivity contribution < 1.29 is 42.7 Å². The Morgan fingerprint density at radius 1 is 0.528 bits per heavy atom. The maximum Gasteiger partial charge on any atom is 0.469 e. The molecular weight excluding hydrogens is 691 g/mol. The Bertz CT molecular complexity index is 1020. The normalized spacial score (nSPS) is 12.7. The van der Waals surface area contributed by atoms with Gasteiger partial charge in [0.1, 0.15) is 6.61 Å². The van der Waals surface area contributed by atoms with E-state index in [2.05, 4.69) is 36.6 Å². The van der Waals surface area contributed by atoms with Crippen LogP contribution in [-0.4, -0.2) is 46.8 Å². The van der Waals surface area contributed by atoms with E-state index in [0.29, 0.717) is 19.3 Å². The monoisotopic (exact) mass is 769 g/mol. The molecule has 0 aliphatic rings. The Hall–Kier alpha value is -2.06. The molecule has 308 valence electrons. The summed E-state index contributed by atoms with van der Waals surface area (Å²) in [7, 11) is -4.78. The van der Waals surface area contributed by atoms with E-state index in [9.17, 15) is 18.9 Å². The molecule has 0 amide bonds. The number of hydrogen-bond donors (Lipinski definition) is 2. The fourth-order valence-corrected chi connectivity index (χ4v) is 6.24. The third-order valence-corrected chi connectivity index (χ3v) is 9.59. The minimum atomic E-state index is -4.78. The van der Waals surface area contributed by atoms with Crippen LogP contribution in [0.3, 0.4) is 0 Å². The second kappa shape index (κ2) is 38.2. The van der Waals surface area contributed by atoms with Gasteiger partial charge >= 0.3 is 19.8 Å². The first kappa shape index (κ1) is 50.9. The molecule has 2 N–H and O–H groups in total. The van der Waals surface area contributed by atoms with E-state index in [1.807, 2.05) is 12.2 Å². The van der Waals surface area contributed by atoms with E-state index in [4.69, 9.17) is 19.3 Å². The fraction of sp³-hybridized carbons (Fsp3) is 0.791. The zero-order chi connectivity index (χ0) is 39.1. The van der Waals surface area contributed by atoms with Crippen LogP contribution in [0.2, 0.25) is 0 Å². The van der Waals surface area contributed by atoms with Gasteiger partial charge < -0.3 is 19.3 Å².